The highest BCUT2D eigenvalue weighted by molar-refractivity contribution is 5.70. The molecule has 0 radical (unpaired) electrons. The number of nitrogens with zero attached hydrogens (tertiary/aromatic N) is 1. The van der Waals surface area contributed by atoms with Crippen LogP contribution in [0.2, 0.25) is 0 Å². The van der Waals surface area contributed by atoms with Crippen molar-refractivity contribution < 1.29 is 9.53 Å². The number of ether oxygens (including phenoxy) is 1. The maximum absolute atomic E-state index is 11.3. The van der Waals surface area contributed by atoms with Gasteiger partial charge in [-0.15, -0.1) is 0 Å². The third kappa shape index (κ3) is 1.08. The van der Waals surface area contributed by atoms with E-state index in [0.29, 0.717) is 6.04 Å². The predicted octanol–water partition coefficient (Wildman–Crippen LogP) is 1.77. The van der Waals surface area contributed by atoms with Crippen LogP contribution in [0.15, 0.2) is 0 Å². The van der Waals surface area contributed by atoms with Crippen molar-refractivity contribution in [3.63, 3.8) is 0 Å². The lowest BCUT2D eigenvalue weighted by Crippen LogP contribution is -2.38. The molecule has 12 heavy (non-hydrogen) atoms. The second-order valence-corrected chi connectivity index (χ2v) is 3.56. The normalized spacial score (nSPS) is 34.8. The Morgan fingerprint density at radius 3 is 3.00 bits per heavy atom. The standard InChI is InChI=1S/C9H15NO2/c1-2-10-7-5-3-4-6-8(7)12-9(10)11/h7-8H,2-6H2,1H3. The maximum Gasteiger partial charge on any atom is 0.410 e. The molecule has 1 saturated carbocycles. The van der Waals surface area contributed by atoms with Crippen LogP contribution in [0.4, 0.5) is 4.79 Å². The molecule has 2 fully saturated rings. The molecule has 1 amide bonds. The van der Waals surface area contributed by atoms with Gasteiger partial charge in [-0.25, -0.2) is 4.79 Å². The van der Waals surface area contributed by atoms with E-state index in [4.69, 9.17) is 4.74 Å². The van der Waals surface area contributed by atoms with E-state index in [1.807, 2.05) is 11.8 Å². The van der Waals surface area contributed by atoms with Gasteiger partial charge in [0.1, 0.15) is 6.10 Å². The molecule has 0 aromatic rings. The fourth-order valence-corrected chi connectivity index (χ4v) is 2.27. The summed E-state index contributed by atoms with van der Waals surface area (Å²) in [6.07, 6.45) is 4.75. The van der Waals surface area contributed by atoms with E-state index in [-0.39, 0.29) is 12.2 Å². The zero-order valence-electron chi connectivity index (χ0n) is 7.45. The van der Waals surface area contributed by atoms with Gasteiger partial charge in [0, 0.05) is 6.54 Å². The smallest absolute Gasteiger partial charge is 0.410 e. The molecule has 3 nitrogen and oxygen atoms in total. The average molecular weight is 169 g/mol. The van der Waals surface area contributed by atoms with Gasteiger partial charge in [0.2, 0.25) is 0 Å². The minimum Gasteiger partial charge on any atom is -0.444 e. The van der Waals surface area contributed by atoms with Gasteiger partial charge in [-0.3, -0.25) is 0 Å². The van der Waals surface area contributed by atoms with Crippen LogP contribution in [-0.2, 0) is 4.74 Å². The first-order valence-corrected chi connectivity index (χ1v) is 4.80. The molecule has 2 aliphatic rings. The fraction of sp³-hybridized carbons (Fsp3) is 0.889. The highest BCUT2D eigenvalue weighted by Gasteiger charge is 2.41. The molecule has 0 aromatic carbocycles. The van der Waals surface area contributed by atoms with Gasteiger partial charge in [0.15, 0.2) is 0 Å². The van der Waals surface area contributed by atoms with Crippen LogP contribution in [0.3, 0.4) is 0 Å². The highest BCUT2D eigenvalue weighted by Crippen LogP contribution is 2.31. The Bertz CT molecular complexity index is 193. The Balaban J connectivity index is 2.10. The molecule has 2 rings (SSSR count). The molecule has 2 unspecified atom stereocenters. The largest absolute Gasteiger partial charge is 0.444 e. The van der Waals surface area contributed by atoms with E-state index >= 15 is 0 Å². The summed E-state index contributed by atoms with van der Waals surface area (Å²) in [5, 5.41) is 0. The van der Waals surface area contributed by atoms with Crippen LogP contribution in [0.5, 0.6) is 0 Å². The van der Waals surface area contributed by atoms with Gasteiger partial charge in [-0.05, 0) is 26.2 Å². The number of carbonyl (C=O) groups excluding carboxylic acids is 1. The van der Waals surface area contributed by atoms with Crippen molar-refractivity contribution in [3.8, 4) is 0 Å². The molecule has 1 aliphatic carbocycles. The molecule has 68 valence electrons. The number of rotatable bonds is 1. The SMILES string of the molecule is CCN1C(=O)OC2CCCCC21. The van der Waals surface area contributed by atoms with Gasteiger partial charge in [-0.2, -0.15) is 0 Å². The van der Waals surface area contributed by atoms with Crippen LogP contribution in [0.1, 0.15) is 32.6 Å². The van der Waals surface area contributed by atoms with Crippen LogP contribution >= 0.6 is 0 Å². The summed E-state index contributed by atoms with van der Waals surface area (Å²) in [5.74, 6) is 0. The zero-order chi connectivity index (χ0) is 8.55. The third-order valence-electron chi connectivity index (χ3n) is 2.90. The molecular formula is C9H15NO2. The van der Waals surface area contributed by atoms with E-state index in [1.165, 1.54) is 12.8 Å². The van der Waals surface area contributed by atoms with Crippen molar-refractivity contribution in [2.75, 3.05) is 6.54 Å². The van der Waals surface area contributed by atoms with Crippen molar-refractivity contribution in [2.45, 2.75) is 44.8 Å². The van der Waals surface area contributed by atoms with E-state index in [9.17, 15) is 4.79 Å². The third-order valence-corrected chi connectivity index (χ3v) is 2.90. The van der Waals surface area contributed by atoms with Gasteiger partial charge in [-0.1, -0.05) is 6.42 Å². The maximum atomic E-state index is 11.3. The lowest BCUT2D eigenvalue weighted by molar-refractivity contribution is 0.113. The van der Waals surface area contributed by atoms with Crippen molar-refractivity contribution in [3.05, 3.63) is 0 Å². The molecule has 1 saturated heterocycles. The second-order valence-electron chi connectivity index (χ2n) is 3.56. The lowest BCUT2D eigenvalue weighted by atomic mass is 9.92. The van der Waals surface area contributed by atoms with Gasteiger partial charge in [0.25, 0.3) is 0 Å². The van der Waals surface area contributed by atoms with E-state index in [2.05, 4.69) is 0 Å². The number of fused-ring (bicyclic) bond motifs is 1. The molecule has 0 bridgehead atoms. The van der Waals surface area contributed by atoms with Crippen LogP contribution in [0.25, 0.3) is 0 Å². The van der Waals surface area contributed by atoms with Gasteiger partial charge < -0.3 is 9.64 Å². The Labute approximate surface area is 72.7 Å². The number of hydrogen-bond donors (Lipinski definition) is 0. The van der Waals surface area contributed by atoms with Crippen molar-refractivity contribution in [1.29, 1.82) is 0 Å². The number of carbonyl (C=O) groups is 1. The first kappa shape index (κ1) is 7.90. The lowest BCUT2D eigenvalue weighted by Gasteiger charge is -2.26. The predicted molar refractivity (Wildman–Crippen MR) is 44.9 cm³/mol. The monoisotopic (exact) mass is 169 g/mol. The van der Waals surface area contributed by atoms with Crippen molar-refractivity contribution >= 4 is 6.09 Å². The molecule has 3 heteroatoms. The van der Waals surface area contributed by atoms with Crippen LogP contribution in [0, 0.1) is 0 Å². The zero-order valence-corrected chi connectivity index (χ0v) is 7.45. The Hall–Kier alpha value is -0.730. The molecule has 0 spiro atoms. The molecular weight excluding hydrogens is 154 g/mol. The van der Waals surface area contributed by atoms with Crippen molar-refractivity contribution in [1.82, 2.24) is 4.90 Å². The highest BCUT2D eigenvalue weighted by atomic mass is 16.6. The first-order valence-electron chi connectivity index (χ1n) is 4.80. The second kappa shape index (κ2) is 2.96. The average Bonchev–Trinajstić information content (AvgIpc) is 2.40. The quantitative estimate of drug-likeness (QED) is 0.598. The minimum absolute atomic E-state index is 0.102. The van der Waals surface area contributed by atoms with E-state index < -0.39 is 0 Å². The summed E-state index contributed by atoms with van der Waals surface area (Å²) in [6.45, 7) is 2.80. The summed E-state index contributed by atoms with van der Waals surface area (Å²) >= 11 is 0. The number of likely N-dealkylation sites (N-methyl/N-ethyl adjacent to an activating group) is 1. The summed E-state index contributed by atoms with van der Waals surface area (Å²) in [6, 6.07) is 0.385. The number of amides is 1. The summed E-state index contributed by atoms with van der Waals surface area (Å²) in [4.78, 5) is 13.1. The topological polar surface area (TPSA) is 29.5 Å². The first-order chi connectivity index (χ1) is 5.83. The Morgan fingerprint density at radius 2 is 2.25 bits per heavy atom. The molecule has 0 aromatic heterocycles. The molecule has 1 aliphatic heterocycles. The molecule has 1 heterocycles. The summed E-state index contributed by atoms with van der Waals surface area (Å²) in [7, 11) is 0. The fourth-order valence-electron chi connectivity index (χ4n) is 2.27. The van der Waals surface area contributed by atoms with Crippen LogP contribution in [-0.4, -0.2) is 29.7 Å². The minimum atomic E-state index is -0.102. The Morgan fingerprint density at radius 1 is 1.50 bits per heavy atom. The summed E-state index contributed by atoms with van der Waals surface area (Å²) < 4.78 is 5.26. The summed E-state index contributed by atoms with van der Waals surface area (Å²) in [5.41, 5.74) is 0. The van der Waals surface area contributed by atoms with Gasteiger partial charge >= 0.3 is 6.09 Å². The van der Waals surface area contributed by atoms with Gasteiger partial charge in [0.05, 0.1) is 6.04 Å². The van der Waals surface area contributed by atoms with E-state index in [0.717, 1.165) is 19.4 Å². The number of hydrogen-bond acceptors (Lipinski definition) is 2. The molecule has 2 atom stereocenters. The molecule has 0 N–H and O–H groups in total. The van der Waals surface area contributed by atoms with Crippen molar-refractivity contribution in [2.24, 2.45) is 0 Å². The van der Waals surface area contributed by atoms with E-state index in [1.54, 1.807) is 0 Å². The Kier molecular flexibility index (Phi) is 1.95. The van der Waals surface area contributed by atoms with Crippen LogP contribution < -0.4 is 0 Å².